The largest absolute Gasteiger partial charge is 0.493 e. The maximum absolute atomic E-state index is 6.20. The van der Waals surface area contributed by atoms with Crippen LogP contribution in [0.3, 0.4) is 0 Å². The van der Waals surface area contributed by atoms with E-state index in [0.29, 0.717) is 6.04 Å². The lowest BCUT2D eigenvalue weighted by atomic mass is 10.0. The standard InChI is InChI=1S/C21H30N2O2/c1-2-18-12-16(14-23(18)7-1)15-25-19-4-5-20-17(13-19)3-6-21(20)22-8-10-24-11-9-22/h4-5,13,16,18,21H,1-3,6-12,14-15H2. The van der Waals surface area contributed by atoms with E-state index < -0.39 is 0 Å². The zero-order chi connectivity index (χ0) is 16.6. The molecule has 3 atom stereocenters. The predicted octanol–water partition coefficient (Wildman–Crippen LogP) is 2.87. The third-order valence-electron chi connectivity index (χ3n) is 6.73. The molecule has 1 aromatic carbocycles. The number of nitrogens with zero attached hydrogens (tertiary/aromatic N) is 2. The molecule has 3 saturated heterocycles. The molecule has 0 saturated carbocycles. The lowest BCUT2D eigenvalue weighted by molar-refractivity contribution is 0.0164. The molecule has 136 valence electrons. The van der Waals surface area contributed by atoms with Crippen molar-refractivity contribution in [3.05, 3.63) is 29.3 Å². The first kappa shape index (κ1) is 16.1. The Bertz CT molecular complexity index is 602. The van der Waals surface area contributed by atoms with Crippen LogP contribution in [0.5, 0.6) is 5.75 Å². The van der Waals surface area contributed by atoms with Crippen molar-refractivity contribution < 1.29 is 9.47 Å². The summed E-state index contributed by atoms with van der Waals surface area (Å²) in [5.74, 6) is 1.80. The zero-order valence-corrected chi connectivity index (χ0v) is 15.2. The number of hydrogen-bond donors (Lipinski definition) is 0. The summed E-state index contributed by atoms with van der Waals surface area (Å²) >= 11 is 0. The van der Waals surface area contributed by atoms with Gasteiger partial charge in [-0.05, 0) is 61.9 Å². The van der Waals surface area contributed by atoms with Crippen molar-refractivity contribution in [3.63, 3.8) is 0 Å². The van der Waals surface area contributed by atoms with Crippen LogP contribution in [0.25, 0.3) is 0 Å². The molecule has 0 radical (unpaired) electrons. The normalized spacial score (nSPS) is 32.7. The van der Waals surface area contributed by atoms with Crippen molar-refractivity contribution in [2.75, 3.05) is 46.0 Å². The van der Waals surface area contributed by atoms with Gasteiger partial charge in [-0.25, -0.2) is 0 Å². The highest BCUT2D eigenvalue weighted by Gasteiger charge is 2.35. The fourth-order valence-electron chi connectivity index (χ4n) is 5.46. The fourth-order valence-corrected chi connectivity index (χ4v) is 5.46. The van der Waals surface area contributed by atoms with Crippen molar-refractivity contribution >= 4 is 0 Å². The van der Waals surface area contributed by atoms with E-state index in [0.717, 1.165) is 50.6 Å². The van der Waals surface area contributed by atoms with Crippen LogP contribution in [-0.2, 0) is 11.2 Å². The molecule has 3 aliphatic heterocycles. The van der Waals surface area contributed by atoms with Gasteiger partial charge in [0, 0.05) is 37.6 Å². The van der Waals surface area contributed by atoms with Gasteiger partial charge in [-0.1, -0.05) is 6.07 Å². The second-order valence-corrected chi connectivity index (χ2v) is 8.27. The molecule has 25 heavy (non-hydrogen) atoms. The monoisotopic (exact) mass is 342 g/mol. The predicted molar refractivity (Wildman–Crippen MR) is 98.1 cm³/mol. The molecule has 3 fully saturated rings. The number of hydrogen-bond acceptors (Lipinski definition) is 4. The Kier molecular flexibility index (Phi) is 4.44. The lowest BCUT2D eigenvalue weighted by Crippen LogP contribution is -2.38. The summed E-state index contributed by atoms with van der Waals surface area (Å²) in [7, 11) is 0. The Morgan fingerprint density at radius 1 is 1.08 bits per heavy atom. The first-order valence-electron chi connectivity index (χ1n) is 10.2. The van der Waals surface area contributed by atoms with E-state index in [2.05, 4.69) is 28.0 Å². The Morgan fingerprint density at radius 2 is 2.00 bits per heavy atom. The van der Waals surface area contributed by atoms with Crippen LogP contribution in [0.1, 0.15) is 42.9 Å². The molecule has 1 aliphatic carbocycles. The van der Waals surface area contributed by atoms with Crippen molar-refractivity contribution in [3.8, 4) is 5.75 Å². The van der Waals surface area contributed by atoms with Gasteiger partial charge in [0.1, 0.15) is 5.75 Å². The van der Waals surface area contributed by atoms with Crippen molar-refractivity contribution in [2.24, 2.45) is 5.92 Å². The number of aryl methyl sites for hydroxylation is 1. The highest BCUT2D eigenvalue weighted by molar-refractivity contribution is 5.40. The van der Waals surface area contributed by atoms with Gasteiger partial charge in [-0.3, -0.25) is 9.80 Å². The van der Waals surface area contributed by atoms with Gasteiger partial charge < -0.3 is 9.47 Å². The number of rotatable bonds is 4. The van der Waals surface area contributed by atoms with E-state index in [1.165, 1.54) is 56.3 Å². The minimum atomic E-state index is 0.593. The quantitative estimate of drug-likeness (QED) is 0.840. The topological polar surface area (TPSA) is 24.9 Å². The third-order valence-corrected chi connectivity index (χ3v) is 6.73. The van der Waals surface area contributed by atoms with Crippen molar-refractivity contribution in [1.29, 1.82) is 0 Å². The average molecular weight is 342 g/mol. The van der Waals surface area contributed by atoms with Crippen LogP contribution in [0, 0.1) is 5.92 Å². The van der Waals surface area contributed by atoms with Crippen LogP contribution < -0.4 is 4.74 Å². The summed E-state index contributed by atoms with van der Waals surface area (Å²) in [6, 6.07) is 8.28. The number of benzene rings is 1. The number of ether oxygens (including phenoxy) is 2. The van der Waals surface area contributed by atoms with Gasteiger partial charge >= 0.3 is 0 Å². The van der Waals surface area contributed by atoms with Gasteiger partial charge in [0.25, 0.3) is 0 Å². The van der Waals surface area contributed by atoms with Crippen molar-refractivity contribution in [1.82, 2.24) is 9.80 Å². The summed E-state index contributed by atoms with van der Waals surface area (Å²) in [6.45, 7) is 7.35. The van der Waals surface area contributed by atoms with Gasteiger partial charge in [-0.15, -0.1) is 0 Å². The highest BCUT2D eigenvalue weighted by atomic mass is 16.5. The first-order valence-corrected chi connectivity index (χ1v) is 10.2. The molecule has 4 aliphatic rings. The molecule has 3 unspecified atom stereocenters. The molecule has 0 amide bonds. The van der Waals surface area contributed by atoms with Crippen LogP contribution >= 0.6 is 0 Å². The highest BCUT2D eigenvalue weighted by Crippen LogP contribution is 2.38. The molecule has 0 spiro atoms. The molecule has 0 bridgehead atoms. The molecule has 5 rings (SSSR count). The van der Waals surface area contributed by atoms with Crippen molar-refractivity contribution in [2.45, 2.75) is 44.2 Å². The third kappa shape index (κ3) is 3.20. The Balaban J connectivity index is 1.20. The maximum Gasteiger partial charge on any atom is 0.119 e. The number of fused-ring (bicyclic) bond motifs is 2. The van der Waals surface area contributed by atoms with Crippen LogP contribution in [0.4, 0.5) is 0 Å². The maximum atomic E-state index is 6.20. The SMILES string of the molecule is c1cc2c(cc1OCC1CC3CCCN3C1)CCC2N1CCOCC1. The second kappa shape index (κ2) is 6.90. The van der Waals surface area contributed by atoms with Gasteiger partial charge in [0.05, 0.1) is 19.8 Å². The Labute approximate surface area is 151 Å². The molecular formula is C21H30N2O2. The Morgan fingerprint density at radius 3 is 2.88 bits per heavy atom. The van der Waals surface area contributed by atoms with E-state index in [9.17, 15) is 0 Å². The lowest BCUT2D eigenvalue weighted by Gasteiger charge is -2.32. The fraction of sp³-hybridized carbons (Fsp3) is 0.714. The molecular weight excluding hydrogens is 312 g/mol. The van der Waals surface area contributed by atoms with E-state index in [4.69, 9.17) is 9.47 Å². The summed E-state index contributed by atoms with van der Waals surface area (Å²) < 4.78 is 11.7. The van der Waals surface area contributed by atoms with Crippen LogP contribution in [0.15, 0.2) is 18.2 Å². The van der Waals surface area contributed by atoms with E-state index in [1.807, 2.05) is 0 Å². The molecule has 0 aromatic heterocycles. The molecule has 0 N–H and O–H groups in total. The van der Waals surface area contributed by atoms with E-state index in [-0.39, 0.29) is 0 Å². The molecule has 1 aromatic rings. The van der Waals surface area contributed by atoms with Gasteiger partial charge in [0.15, 0.2) is 0 Å². The minimum Gasteiger partial charge on any atom is -0.493 e. The smallest absolute Gasteiger partial charge is 0.119 e. The Hall–Kier alpha value is -1.10. The minimum absolute atomic E-state index is 0.593. The average Bonchev–Trinajstić information content (AvgIpc) is 3.34. The van der Waals surface area contributed by atoms with Gasteiger partial charge in [0.2, 0.25) is 0 Å². The van der Waals surface area contributed by atoms with Crippen LogP contribution in [0.2, 0.25) is 0 Å². The summed E-state index contributed by atoms with van der Waals surface area (Å²) in [5, 5.41) is 0. The van der Waals surface area contributed by atoms with E-state index in [1.54, 1.807) is 0 Å². The second-order valence-electron chi connectivity index (χ2n) is 8.27. The summed E-state index contributed by atoms with van der Waals surface area (Å²) in [6.07, 6.45) is 6.57. The molecule has 4 heteroatoms. The molecule has 3 heterocycles. The first-order chi connectivity index (χ1) is 12.4. The molecule has 4 nitrogen and oxygen atoms in total. The van der Waals surface area contributed by atoms with Gasteiger partial charge in [-0.2, -0.15) is 0 Å². The summed E-state index contributed by atoms with van der Waals surface area (Å²) in [4.78, 5) is 5.27. The summed E-state index contributed by atoms with van der Waals surface area (Å²) in [5.41, 5.74) is 3.02. The number of morpholine rings is 1. The van der Waals surface area contributed by atoms with E-state index >= 15 is 0 Å². The van der Waals surface area contributed by atoms with Crippen LogP contribution in [-0.4, -0.2) is 61.8 Å². The zero-order valence-electron chi connectivity index (χ0n) is 15.2.